The molecule has 0 radical (unpaired) electrons. The largest absolute Gasteiger partial charge is 0.355 e. The molecule has 2 atom stereocenters. The van der Waals surface area contributed by atoms with Crippen molar-refractivity contribution in [3.05, 3.63) is 46.2 Å². The summed E-state index contributed by atoms with van der Waals surface area (Å²) < 4.78 is 0. The SMILES string of the molecule is CNC(=O)c1nc(C)c(C)c(N2CC[C@@H](NC(C)c3ccc(C)nc3C)C2)n1. The van der Waals surface area contributed by atoms with E-state index < -0.39 is 0 Å². The van der Waals surface area contributed by atoms with Gasteiger partial charge in [0.15, 0.2) is 0 Å². The van der Waals surface area contributed by atoms with E-state index in [9.17, 15) is 4.79 Å². The van der Waals surface area contributed by atoms with Crippen LogP contribution in [0.15, 0.2) is 12.1 Å². The van der Waals surface area contributed by atoms with Crippen molar-refractivity contribution < 1.29 is 4.79 Å². The van der Waals surface area contributed by atoms with Crippen LogP contribution < -0.4 is 15.5 Å². The zero-order valence-electron chi connectivity index (χ0n) is 17.6. The summed E-state index contributed by atoms with van der Waals surface area (Å²) in [6.45, 7) is 12.0. The summed E-state index contributed by atoms with van der Waals surface area (Å²) in [4.78, 5) is 27.7. The van der Waals surface area contributed by atoms with Gasteiger partial charge in [0.2, 0.25) is 5.82 Å². The number of hydrogen-bond acceptors (Lipinski definition) is 6. The fourth-order valence-corrected chi connectivity index (χ4v) is 3.82. The van der Waals surface area contributed by atoms with Crippen LogP contribution in [0.5, 0.6) is 0 Å². The van der Waals surface area contributed by atoms with Gasteiger partial charge >= 0.3 is 0 Å². The summed E-state index contributed by atoms with van der Waals surface area (Å²) in [7, 11) is 1.60. The molecule has 0 aromatic carbocycles. The van der Waals surface area contributed by atoms with Crippen molar-refractivity contribution in [3.8, 4) is 0 Å². The van der Waals surface area contributed by atoms with Gasteiger partial charge in [-0.25, -0.2) is 9.97 Å². The Balaban J connectivity index is 1.73. The van der Waals surface area contributed by atoms with E-state index in [1.54, 1.807) is 7.05 Å². The number of carbonyl (C=O) groups excluding carboxylic acids is 1. The second-order valence-corrected chi connectivity index (χ2v) is 7.61. The summed E-state index contributed by atoms with van der Waals surface area (Å²) >= 11 is 0. The van der Waals surface area contributed by atoms with Gasteiger partial charge in [-0.2, -0.15) is 0 Å². The van der Waals surface area contributed by atoms with Gasteiger partial charge in [0, 0.05) is 54.9 Å². The third-order valence-corrected chi connectivity index (χ3v) is 5.50. The number of anilines is 1. The van der Waals surface area contributed by atoms with E-state index in [0.717, 1.165) is 48.0 Å². The second-order valence-electron chi connectivity index (χ2n) is 7.61. The molecule has 1 aliphatic rings. The highest BCUT2D eigenvalue weighted by molar-refractivity contribution is 5.90. The van der Waals surface area contributed by atoms with Crippen molar-refractivity contribution in [3.63, 3.8) is 0 Å². The molecular weight excluding hydrogens is 352 g/mol. The molecule has 7 nitrogen and oxygen atoms in total. The van der Waals surface area contributed by atoms with Crippen molar-refractivity contribution in [2.75, 3.05) is 25.0 Å². The molecular formula is C21H30N6O. The van der Waals surface area contributed by atoms with Crippen molar-refractivity contribution in [1.29, 1.82) is 0 Å². The Morgan fingerprint density at radius 3 is 2.57 bits per heavy atom. The Hall–Kier alpha value is -2.54. The minimum absolute atomic E-state index is 0.228. The third-order valence-electron chi connectivity index (χ3n) is 5.50. The number of nitrogens with one attached hydrogen (secondary N) is 2. The van der Waals surface area contributed by atoms with Crippen LogP contribution in [0.25, 0.3) is 0 Å². The van der Waals surface area contributed by atoms with Gasteiger partial charge in [-0.1, -0.05) is 6.07 Å². The van der Waals surface area contributed by atoms with Crippen molar-refractivity contribution in [2.45, 2.75) is 53.1 Å². The fraction of sp³-hybridized carbons (Fsp3) is 0.524. The molecule has 0 bridgehead atoms. The Morgan fingerprint density at radius 1 is 1.14 bits per heavy atom. The van der Waals surface area contributed by atoms with E-state index >= 15 is 0 Å². The topological polar surface area (TPSA) is 83.0 Å². The number of amides is 1. The molecule has 2 aromatic rings. The number of rotatable bonds is 5. The molecule has 1 unspecified atom stereocenters. The van der Waals surface area contributed by atoms with Crippen molar-refractivity contribution >= 4 is 11.7 Å². The number of aromatic nitrogens is 3. The maximum absolute atomic E-state index is 12.0. The molecule has 3 rings (SSSR count). The van der Waals surface area contributed by atoms with Gasteiger partial charge in [-0.05, 0) is 52.7 Å². The van der Waals surface area contributed by atoms with Gasteiger partial charge in [0.25, 0.3) is 5.91 Å². The molecule has 0 aliphatic carbocycles. The molecule has 1 fully saturated rings. The molecule has 28 heavy (non-hydrogen) atoms. The first kappa shape index (κ1) is 20.2. The molecule has 1 aliphatic heterocycles. The highest BCUT2D eigenvalue weighted by Gasteiger charge is 2.27. The Morgan fingerprint density at radius 2 is 1.89 bits per heavy atom. The summed E-state index contributed by atoms with van der Waals surface area (Å²) in [6.07, 6.45) is 1.03. The maximum atomic E-state index is 12.0. The lowest BCUT2D eigenvalue weighted by Crippen LogP contribution is -2.35. The highest BCUT2D eigenvalue weighted by atomic mass is 16.2. The van der Waals surface area contributed by atoms with Gasteiger partial charge in [-0.15, -0.1) is 0 Å². The lowest BCUT2D eigenvalue weighted by Gasteiger charge is -2.23. The molecule has 0 spiro atoms. The molecule has 1 saturated heterocycles. The van der Waals surface area contributed by atoms with Crippen LogP contribution in [0, 0.1) is 27.7 Å². The van der Waals surface area contributed by atoms with Gasteiger partial charge < -0.3 is 15.5 Å². The number of hydrogen-bond donors (Lipinski definition) is 2. The second kappa shape index (κ2) is 8.22. The standard InChI is InChI=1S/C21H30N6O/c1-12-7-8-18(15(4)23-12)16(5)24-17-9-10-27(11-17)20-13(2)14(3)25-19(26-20)21(28)22-6/h7-8,16-17,24H,9-11H2,1-6H3,(H,22,28)/t16?,17-/m1/s1. The molecule has 2 N–H and O–H groups in total. The summed E-state index contributed by atoms with van der Waals surface area (Å²) in [5.41, 5.74) is 5.23. The molecule has 0 saturated carbocycles. The van der Waals surface area contributed by atoms with E-state index in [0.29, 0.717) is 6.04 Å². The Bertz CT molecular complexity index is 881. The number of pyridine rings is 1. The third kappa shape index (κ3) is 4.14. The normalized spacial score (nSPS) is 17.6. The van der Waals surface area contributed by atoms with E-state index in [1.165, 1.54) is 5.56 Å². The monoisotopic (exact) mass is 382 g/mol. The number of nitrogens with zero attached hydrogens (tertiary/aromatic N) is 4. The molecule has 150 valence electrons. The average Bonchev–Trinajstić information content (AvgIpc) is 3.11. The zero-order chi connectivity index (χ0) is 20.4. The van der Waals surface area contributed by atoms with Gasteiger partial charge in [0.05, 0.1) is 0 Å². The first-order valence-electron chi connectivity index (χ1n) is 9.82. The zero-order valence-corrected chi connectivity index (χ0v) is 17.6. The van der Waals surface area contributed by atoms with Crippen molar-refractivity contribution in [1.82, 2.24) is 25.6 Å². The number of carbonyl (C=O) groups is 1. The van der Waals surface area contributed by atoms with E-state index in [1.807, 2.05) is 20.8 Å². The lowest BCUT2D eigenvalue weighted by atomic mass is 10.1. The molecule has 7 heteroatoms. The van der Waals surface area contributed by atoms with Crippen LogP contribution in [0.1, 0.15) is 58.2 Å². The Kier molecular flexibility index (Phi) is 5.93. The van der Waals surface area contributed by atoms with E-state index in [4.69, 9.17) is 0 Å². The first-order chi connectivity index (χ1) is 13.3. The highest BCUT2D eigenvalue weighted by Crippen LogP contribution is 2.25. The van der Waals surface area contributed by atoms with Crippen LogP contribution in [0.4, 0.5) is 5.82 Å². The van der Waals surface area contributed by atoms with Gasteiger partial charge in [-0.3, -0.25) is 9.78 Å². The molecule has 1 amide bonds. The van der Waals surface area contributed by atoms with Crippen LogP contribution in [-0.2, 0) is 0 Å². The van der Waals surface area contributed by atoms with Crippen LogP contribution in [0.2, 0.25) is 0 Å². The minimum atomic E-state index is -0.255. The van der Waals surface area contributed by atoms with Crippen LogP contribution >= 0.6 is 0 Å². The smallest absolute Gasteiger partial charge is 0.288 e. The molecule has 3 heterocycles. The summed E-state index contributed by atoms with van der Waals surface area (Å²) in [6, 6.07) is 4.81. The molecule has 2 aromatic heterocycles. The number of aryl methyl sites for hydroxylation is 3. The Labute approximate surface area is 167 Å². The summed E-state index contributed by atoms with van der Waals surface area (Å²) in [5, 5.41) is 6.34. The quantitative estimate of drug-likeness (QED) is 0.826. The van der Waals surface area contributed by atoms with E-state index in [2.05, 4.69) is 56.5 Å². The lowest BCUT2D eigenvalue weighted by molar-refractivity contribution is 0.0952. The summed E-state index contributed by atoms with van der Waals surface area (Å²) in [5.74, 6) is 0.831. The predicted molar refractivity (Wildman–Crippen MR) is 111 cm³/mol. The predicted octanol–water partition coefficient (Wildman–Crippen LogP) is 2.39. The maximum Gasteiger partial charge on any atom is 0.288 e. The fourth-order valence-electron chi connectivity index (χ4n) is 3.82. The van der Waals surface area contributed by atoms with Gasteiger partial charge in [0.1, 0.15) is 5.82 Å². The van der Waals surface area contributed by atoms with E-state index in [-0.39, 0.29) is 17.8 Å². The van der Waals surface area contributed by atoms with Crippen LogP contribution in [0.3, 0.4) is 0 Å². The van der Waals surface area contributed by atoms with Crippen LogP contribution in [-0.4, -0.2) is 47.0 Å². The first-order valence-corrected chi connectivity index (χ1v) is 9.82. The average molecular weight is 383 g/mol. The minimum Gasteiger partial charge on any atom is -0.355 e. The van der Waals surface area contributed by atoms with Crippen molar-refractivity contribution in [2.24, 2.45) is 0 Å².